The van der Waals surface area contributed by atoms with Crippen LogP contribution in [0.5, 0.6) is 11.5 Å². The van der Waals surface area contributed by atoms with Gasteiger partial charge in [-0.3, -0.25) is 9.78 Å². The number of nitriles is 1. The molecule has 0 unspecified atom stereocenters. The van der Waals surface area contributed by atoms with Gasteiger partial charge in [-0.1, -0.05) is 24.3 Å². The average Bonchev–Trinajstić information content (AvgIpc) is 2.69. The number of aliphatic carboxylic acids is 1. The smallest absolute Gasteiger partial charge is 0.303 e. The van der Waals surface area contributed by atoms with Gasteiger partial charge in [-0.2, -0.15) is 5.26 Å². The third-order valence-electron chi connectivity index (χ3n) is 4.01. The van der Waals surface area contributed by atoms with E-state index in [2.05, 4.69) is 11.1 Å². The van der Waals surface area contributed by atoms with Crippen molar-refractivity contribution in [2.24, 2.45) is 0 Å². The molecule has 0 aliphatic carbocycles. The first-order valence-electron chi connectivity index (χ1n) is 8.57. The number of thioether (sulfide) groups is 1. The Bertz CT molecular complexity index is 998. The fraction of sp³-hybridized carbons (Fsp3) is 0.190. The molecule has 0 radical (unpaired) electrons. The van der Waals surface area contributed by atoms with E-state index in [1.54, 1.807) is 36.3 Å². The highest BCUT2D eigenvalue weighted by Crippen LogP contribution is 2.36. The summed E-state index contributed by atoms with van der Waals surface area (Å²) in [5.41, 5.74) is 0.608. The molecule has 6 heteroatoms. The lowest BCUT2D eigenvalue weighted by Crippen LogP contribution is -1.95. The Kier molecular flexibility index (Phi) is 6.29. The Hall–Kier alpha value is -3.04. The number of carboxylic acid groups (broad SMARTS) is 1. The van der Waals surface area contributed by atoms with E-state index < -0.39 is 5.97 Å². The number of nitrogens with zero attached hydrogens (tertiary/aromatic N) is 2. The molecule has 3 aromatic rings. The molecular formula is C21H18N2O3S. The second kappa shape index (κ2) is 9.06. The molecule has 1 N–H and O–H groups in total. The summed E-state index contributed by atoms with van der Waals surface area (Å²) < 4.78 is 6.13. The second-order valence-electron chi connectivity index (χ2n) is 5.89. The highest BCUT2D eigenvalue weighted by molar-refractivity contribution is 7.99. The number of rotatable bonds is 8. The van der Waals surface area contributed by atoms with Crippen LogP contribution in [0.4, 0.5) is 0 Å². The molecule has 5 nitrogen and oxygen atoms in total. The zero-order valence-electron chi connectivity index (χ0n) is 14.6. The maximum Gasteiger partial charge on any atom is 0.303 e. The van der Waals surface area contributed by atoms with Gasteiger partial charge in [0.1, 0.15) is 5.75 Å². The summed E-state index contributed by atoms with van der Waals surface area (Å²) >= 11 is 1.62. The number of carbonyl (C=O) groups is 1. The third kappa shape index (κ3) is 4.78. The molecule has 1 heterocycles. The Morgan fingerprint density at radius 1 is 1.11 bits per heavy atom. The zero-order valence-corrected chi connectivity index (χ0v) is 15.4. The van der Waals surface area contributed by atoms with Crippen molar-refractivity contribution in [2.75, 3.05) is 5.75 Å². The predicted molar refractivity (Wildman–Crippen MR) is 105 cm³/mol. The molecule has 27 heavy (non-hydrogen) atoms. The van der Waals surface area contributed by atoms with Crippen LogP contribution in [0.3, 0.4) is 0 Å². The number of benzene rings is 2. The van der Waals surface area contributed by atoms with Crippen molar-refractivity contribution in [1.82, 2.24) is 4.98 Å². The number of hydrogen-bond acceptors (Lipinski definition) is 5. The lowest BCUT2D eigenvalue weighted by molar-refractivity contribution is -0.137. The second-order valence-corrected chi connectivity index (χ2v) is 7.03. The van der Waals surface area contributed by atoms with Gasteiger partial charge in [-0.25, -0.2) is 0 Å². The van der Waals surface area contributed by atoms with Crippen LogP contribution in [-0.4, -0.2) is 21.8 Å². The van der Waals surface area contributed by atoms with Crippen molar-refractivity contribution in [3.8, 4) is 17.6 Å². The van der Waals surface area contributed by atoms with E-state index in [4.69, 9.17) is 9.84 Å². The predicted octanol–water partition coefficient (Wildman–Crippen LogP) is 5.25. The molecule has 0 spiro atoms. The largest absolute Gasteiger partial charge is 0.481 e. The Morgan fingerprint density at radius 3 is 2.70 bits per heavy atom. The number of carboxylic acids is 1. The van der Waals surface area contributed by atoms with Crippen LogP contribution >= 0.6 is 11.8 Å². The SMILES string of the molecule is N#Cc1ccc(Oc2cnccc2SCCCCC(=O)O)c2ccccc12. The van der Waals surface area contributed by atoms with Crippen molar-refractivity contribution >= 4 is 28.5 Å². The normalized spacial score (nSPS) is 10.5. The molecule has 2 aromatic carbocycles. The fourth-order valence-electron chi connectivity index (χ4n) is 2.70. The van der Waals surface area contributed by atoms with Gasteiger partial charge in [-0.05, 0) is 36.8 Å². The summed E-state index contributed by atoms with van der Waals surface area (Å²) in [6, 6.07) is 15.3. The summed E-state index contributed by atoms with van der Waals surface area (Å²) in [4.78, 5) is 15.7. The first-order chi connectivity index (χ1) is 13.2. The van der Waals surface area contributed by atoms with Gasteiger partial charge < -0.3 is 9.84 Å². The fourth-order valence-corrected chi connectivity index (χ4v) is 3.66. The Balaban J connectivity index is 1.78. The number of unbranched alkanes of at least 4 members (excludes halogenated alkanes) is 1. The lowest BCUT2D eigenvalue weighted by Gasteiger charge is -2.12. The van der Waals surface area contributed by atoms with Gasteiger partial charge in [0.25, 0.3) is 0 Å². The van der Waals surface area contributed by atoms with Crippen molar-refractivity contribution in [3.63, 3.8) is 0 Å². The van der Waals surface area contributed by atoms with E-state index in [9.17, 15) is 10.1 Å². The Labute approximate surface area is 161 Å². The maximum atomic E-state index is 10.6. The molecule has 0 amide bonds. The van der Waals surface area contributed by atoms with Gasteiger partial charge in [0, 0.05) is 23.4 Å². The van der Waals surface area contributed by atoms with Crippen LogP contribution in [0.1, 0.15) is 24.8 Å². The lowest BCUT2D eigenvalue weighted by atomic mass is 10.0. The van der Waals surface area contributed by atoms with Gasteiger partial charge >= 0.3 is 5.97 Å². The van der Waals surface area contributed by atoms with Crippen LogP contribution in [0.2, 0.25) is 0 Å². The van der Waals surface area contributed by atoms with Crippen molar-refractivity contribution in [2.45, 2.75) is 24.2 Å². The van der Waals surface area contributed by atoms with Gasteiger partial charge in [0.2, 0.25) is 0 Å². The minimum Gasteiger partial charge on any atom is -0.481 e. The molecule has 0 bridgehead atoms. The molecule has 0 fully saturated rings. The highest BCUT2D eigenvalue weighted by Gasteiger charge is 2.10. The summed E-state index contributed by atoms with van der Waals surface area (Å²) in [5.74, 6) is 1.36. The average molecular weight is 378 g/mol. The highest BCUT2D eigenvalue weighted by atomic mass is 32.2. The van der Waals surface area contributed by atoms with Gasteiger partial charge in [-0.15, -0.1) is 11.8 Å². The van der Waals surface area contributed by atoms with E-state index in [0.29, 0.717) is 23.5 Å². The van der Waals surface area contributed by atoms with Crippen LogP contribution in [-0.2, 0) is 4.79 Å². The molecule has 0 atom stereocenters. The van der Waals surface area contributed by atoms with Crippen LogP contribution < -0.4 is 4.74 Å². The standard InChI is InChI=1S/C21H18N2O3S/c22-13-15-8-9-18(17-6-2-1-5-16(15)17)26-19-14-23-11-10-20(19)27-12-4-3-7-21(24)25/h1-2,5-6,8-11,14H,3-4,7,12H2,(H,24,25). The number of pyridine rings is 1. The van der Waals surface area contributed by atoms with Gasteiger partial charge in [0.15, 0.2) is 5.75 Å². The van der Waals surface area contributed by atoms with Crippen LogP contribution in [0.15, 0.2) is 59.8 Å². The molecule has 1 aromatic heterocycles. The minimum atomic E-state index is -0.763. The Morgan fingerprint density at radius 2 is 1.93 bits per heavy atom. The quantitative estimate of drug-likeness (QED) is 0.426. The molecule has 0 aliphatic heterocycles. The monoisotopic (exact) mass is 378 g/mol. The number of ether oxygens (including phenoxy) is 1. The number of hydrogen-bond donors (Lipinski definition) is 1. The number of aromatic nitrogens is 1. The van der Waals surface area contributed by atoms with Crippen molar-refractivity contribution < 1.29 is 14.6 Å². The molecule has 0 aliphatic rings. The van der Waals surface area contributed by atoms with E-state index in [1.165, 1.54) is 0 Å². The van der Waals surface area contributed by atoms with Crippen LogP contribution in [0, 0.1) is 11.3 Å². The minimum absolute atomic E-state index is 0.192. The van der Waals surface area contributed by atoms with E-state index >= 15 is 0 Å². The topological polar surface area (TPSA) is 83.2 Å². The van der Waals surface area contributed by atoms with Crippen LogP contribution in [0.25, 0.3) is 10.8 Å². The molecule has 0 saturated carbocycles. The van der Waals surface area contributed by atoms with E-state index in [-0.39, 0.29) is 6.42 Å². The number of fused-ring (bicyclic) bond motifs is 1. The maximum absolute atomic E-state index is 10.6. The molecule has 3 rings (SSSR count). The van der Waals surface area contributed by atoms with Gasteiger partial charge in [0.05, 0.1) is 22.7 Å². The zero-order chi connectivity index (χ0) is 19.1. The van der Waals surface area contributed by atoms with Crippen molar-refractivity contribution in [1.29, 1.82) is 5.26 Å². The molecule has 0 saturated heterocycles. The first-order valence-corrected chi connectivity index (χ1v) is 9.56. The summed E-state index contributed by atoms with van der Waals surface area (Å²) in [6.07, 6.45) is 5.05. The summed E-state index contributed by atoms with van der Waals surface area (Å²) in [5, 5.41) is 19.7. The molecular weight excluding hydrogens is 360 g/mol. The van der Waals surface area contributed by atoms with Crippen molar-refractivity contribution in [3.05, 3.63) is 60.4 Å². The first kappa shape index (κ1) is 18.7. The molecule has 136 valence electrons. The summed E-state index contributed by atoms with van der Waals surface area (Å²) in [7, 11) is 0. The summed E-state index contributed by atoms with van der Waals surface area (Å²) in [6.45, 7) is 0. The van der Waals surface area contributed by atoms with E-state index in [1.807, 2.05) is 30.3 Å². The van der Waals surface area contributed by atoms with E-state index in [0.717, 1.165) is 27.8 Å². The third-order valence-corrected chi connectivity index (χ3v) is 5.15.